The molecule has 3 N–H and O–H groups in total. The minimum atomic E-state index is -0.685. The maximum Gasteiger partial charge on any atom is 0.332 e. The molecule has 0 heterocycles. The van der Waals surface area contributed by atoms with Crippen molar-refractivity contribution < 1.29 is 9.53 Å². The second kappa shape index (κ2) is 7.29. The van der Waals surface area contributed by atoms with Gasteiger partial charge in [-0.25, -0.2) is 10.2 Å². The van der Waals surface area contributed by atoms with E-state index in [1.807, 2.05) is 38.4 Å². The molecule has 1 aromatic carbocycles. The normalized spacial score (nSPS) is 10.8. The van der Waals surface area contributed by atoms with Crippen LogP contribution in [0, 0.1) is 0 Å². The number of rotatable bonds is 6. The monoisotopic (exact) mass is 250 g/mol. The number of hydrazone groups is 1. The van der Waals surface area contributed by atoms with Crippen LogP contribution in [0.1, 0.15) is 5.56 Å². The van der Waals surface area contributed by atoms with Crippen molar-refractivity contribution in [3.8, 4) is 5.75 Å². The standard InChI is InChI=1S/C12H18N4O2/c1-16(2)7-8-18-11-5-3-10(4-6-11)9-14-15-12(13)17/h3-6,9H,7-8H2,1-2H3,(H3,13,15,17). The third kappa shape index (κ3) is 5.86. The minimum Gasteiger partial charge on any atom is -0.492 e. The first-order valence-electron chi connectivity index (χ1n) is 5.54. The first kappa shape index (κ1) is 14.0. The number of hydrogen-bond acceptors (Lipinski definition) is 4. The van der Waals surface area contributed by atoms with Crippen molar-refractivity contribution in [3.63, 3.8) is 0 Å². The number of urea groups is 1. The van der Waals surface area contributed by atoms with Gasteiger partial charge in [0.1, 0.15) is 12.4 Å². The molecule has 0 fully saturated rings. The molecule has 6 heteroatoms. The predicted octanol–water partition coefficient (Wildman–Crippen LogP) is 0.629. The van der Waals surface area contributed by atoms with Crippen LogP contribution >= 0.6 is 0 Å². The summed E-state index contributed by atoms with van der Waals surface area (Å²) in [5, 5.41) is 3.66. The summed E-state index contributed by atoms with van der Waals surface area (Å²) in [5.41, 5.74) is 7.85. The summed E-state index contributed by atoms with van der Waals surface area (Å²) in [6.45, 7) is 1.51. The molecule has 1 aromatic rings. The summed E-state index contributed by atoms with van der Waals surface area (Å²) in [6, 6.07) is 6.70. The molecule has 0 unspecified atom stereocenters. The molecule has 98 valence electrons. The van der Waals surface area contributed by atoms with E-state index in [2.05, 4.69) is 15.4 Å². The molecule has 0 atom stereocenters. The van der Waals surface area contributed by atoms with Gasteiger partial charge in [0, 0.05) is 6.54 Å². The topological polar surface area (TPSA) is 79.9 Å². The van der Waals surface area contributed by atoms with Crippen molar-refractivity contribution in [3.05, 3.63) is 29.8 Å². The summed E-state index contributed by atoms with van der Waals surface area (Å²) in [7, 11) is 3.99. The van der Waals surface area contributed by atoms with Crippen molar-refractivity contribution in [2.45, 2.75) is 0 Å². The lowest BCUT2D eigenvalue weighted by atomic mass is 10.2. The largest absolute Gasteiger partial charge is 0.492 e. The van der Waals surface area contributed by atoms with E-state index in [9.17, 15) is 4.79 Å². The Labute approximate surface area is 106 Å². The summed E-state index contributed by atoms with van der Waals surface area (Å²) < 4.78 is 5.54. The highest BCUT2D eigenvalue weighted by atomic mass is 16.5. The van der Waals surface area contributed by atoms with Gasteiger partial charge in [-0.05, 0) is 43.9 Å². The Kier molecular flexibility index (Phi) is 5.66. The van der Waals surface area contributed by atoms with Crippen molar-refractivity contribution >= 4 is 12.2 Å². The highest BCUT2D eigenvalue weighted by molar-refractivity contribution is 5.81. The van der Waals surface area contributed by atoms with Gasteiger partial charge in [0.05, 0.1) is 6.21 Å². The highest BCUT2D eigenvalue weighted by Crippen LogP contribution is 2.10. The number of carbonyl (C=O) groups is 1. The SMILES string of the molecule is CN(C)CCOc1ccc(C=NNC(N)=O)cc1. The average molecular weight is 250 g/mol. The van der Waals surface area contributed by atoms with Crippen molar-refractivity contribution in [2.75, 3.05) is 27.2 Å². The fraction of sp³-hybridized carbons (Fsp3) is 0.333. The van der Waals surface area contributed by atoms with Gasteiger partial charge in [-0.2, -0.15) is 5.10 Å². The molecule has 0 aliphatic rings. The van der Waals surface area contributed by atoms with Gasteiger partial charge in [-0.3, -0.25) is 0 Å². The summed E-state index contributed by atoms with van der Waals surface area (Å²) in [6.07, 6.45) is 1.51. The van der Waals surface area contributed by atoms with E-state index in [0.717, 1.165) is 17.9 Å². The average Bonchev–Trinajstić information content (AvgIpc) is 2.30. The number of nitrogens with zero attached hydrogens (tertiary/aromatic N) is 2. The van der Waals surface area contributed by atoms with E-state index in [1.54, 1.807) is 0 Å². The third-order valence-electron chi connectivity index (χ3n) is 2.08. The van der Waals surface area contributed by atoms with Crippen molar-refractivity contribution in [2.24, 2.45) is 10.8 Å². The number of likely N-dealkylation sites (N-methyl/N-ethyl adjacent to an activating group) is 1. The molecule has 0 aromatic heterocycles. The second-order valence-electron chi connectivity index (χ2n) is 3.96. The smallest absolute Gasteiger partial charge is 0.332 e. The van der Waals surface area contributed by atoms with E-state index in [1.165, 1.54) is 6.21 Å². The molecule has 0 spiro atoms. The van der Waals surface area contributed by atoms with Crippen LogP contribution in [0.2, 0.25) is 0 Å². The lowest BCUT2D eigenvalue weighted by Crippen LogP contribution is -2.24. The van der Waals surface area contributed by atoms with E-state index in [4.69, 9.17) is 10.5 Å². The maximum absolute atomic E-state index is 10.4. The van der Waals surface area contributed by atoms with E-state index >= 15 is 0 Å². The molecule has 6 nitrogen and oxygen atoms in total. The fourth-order valence-corrected chi connectivity index (χ4v) is 1.17. The third-order valence-corrected chi connectivity index (χ3v) is 2.08. The van der Waals surface area contributed by atoms with Crippen LogP contribution in [0.5, 0.6) is 5.75 Å². The summed E-state index contributed by atoms with van der Waals surface area (Å²) >= 11 is 0. The van der Waals surface area contributed by atoms with Gasteiger partial charge in [-0.15, -0.1) is 0 Å². The predicted molar refractivity (Wildman–Crippen MR) is 70.8 cm³/mol. The molecule has 2 amide bonds. The number of ether oxygens (including phenoxy) is 1. The molecular formula is C12H18N4O2. The zero-order valence-corrected chi connectivity index (χ0v) is 10.6. The van der Waals surface area contributed by atoms with Gasteiger partial charge < -0.3 is 15.4 Å². The number of amides is 2. The first-order valence-corrected chi connectivity index (χ1v) is 5.54. The molecule has 18 heavy (non-hydrogen) atoms. The van der Waals surface area contributed by atoms with Crippen LogP contribution in [0.3, 0.4) is 0 Å². The Bertz CT molecular complexity index is 401. The number of benzene rings is 1. The maximum atomic E-state index is 10.4. The highest BCUT2D eigenvalue weighted by Gasteiger charge is 1.95. The first-order chi connectivity index (χ1) is 8.58. The van der Waals surface area contributed by atoms with E-state index in [-0.39, 0.29) is 0 Å². The Morgan fingerprint density at radius 2 is 2.11 bits per heavy atom. The number of hydrogen-bond donors (Lipinski definition) is 2. The minimum absolute atomic E-state index is 0.643. The Morgan fingerprint density at radius 1 is 1.44 bits per heavy atom. The Hall–Kier alpha value is -2.08. The molecule has 0 aliphatic carbocycles. The lowest BCUT2D eigenvalue weighted by molar-refractivity contribution is 0.249. The van der Waals surface area contributed by atoms with Crippen LogP contribution in [0.4, 0.5) is 4.79 Å². The number of nitrogens with two attached hydrogens (primary N) is 1. The molecule has 0 saturated heterocycles. The lowest BCUT2D eigenvalue weighted by Gasteiger charge is -2.10. The molecule has 0 bridgehead atoms. The van der Waals surface area contributed by atoms with Crippen LogP contribution in [-0.4, -0.2) is 44.4 Å². The van der Waals surface area contributed by atoms with Gasteiger partial charge in [0.15, 0.2) is 0 Å². The second-order valence-corrected chi connectivity index (χ2v) is 3.96. The van der Waals surface area contributed by atoms with Crippen molar-refractivity contribution in [1.82, 2.24) is 10.3 Å². The molecule has 0 aliphatic heterocycles. The number of primary amides is 1. The van der Waals surface area contributed by atoms with Crippen LogP contribution in [-0.2, 0) is 0 Å². The molecule has 0 radical (unpaired) electrons. The van der Waals surface area contributed by atoms with Gasteiger partial charge >= 0.3 is 6.03 Å². The zero-order chi connectivity index (χ0) is 13.4. The fourth-order valence-electron chi connectivity index (χ4n) is 1.17. The summed E-state index contributed by atoms with van der Waals surface area (Å²) in [5.74, 6) is 0.803. The van der Waals surface area contributed by atoms with Gasteiger partial charge in [0.25, 0.3) is 0 Å². The molecular weight excluding hydrogens is 232 g/mol. The molecule has 1 rings (SSSR count). The van der Waals surface area contributed by atoms with E-state index in [0.29, 0.717) is 6.61 Å². The Balaban J connectivity index is 2.42. The van der Waals surface area contributed by atoms with Crippen molar-refractivity contribution in [1.29, 1.82) is 0 Å². The number of carbonyl (C=O) groups excluding carboxylic acids is 1. The zero-order valence-electron chi connectivity index (χ0n) is 10.6. The summed E-state index contributed by atoms with van der Waals surface area (Å²) in [4.78, 5) is 12.4. The number of nitrogens with one attached hydrogen (secondary N) is 1. The molecule has 0 saturated carbocycles. The quantitative estimate of drug-likeness (QED) is 0.574. The van der Waals surface area contributed by atoms with Crippen LogP contribution in [0.15, 0.2) is 29.4 Å². The van der Waals surface area contributed by atoms with Crippen LogP contribution < -0.4 is 15.9 Å². The van der Waals surface area contributed by atoms with Crippen LogP contribution in [0.25, 0.3) is 0 Å². The van der Waals surface area contributed by atoms with Gasteiger partial charge in [-0.1, -0.05) is 0 Å². The van der Waals surface area contributed by atoms with E-state index < -0.39 is 6.03 Å². The van der Waals surface area contributed by atoms with Gasteiger partial charge in [0.2, 0.25) is 0 Å². The Morgan fingerprint density at radius 3 is 2.67 bits per heavy atom.